The molecule has 0 aromatic heterocycles. The van der Waals surface area contributed by atoms with Crippen LogP contribution in [0.3, 0.4) is 0 Å². The topological polar surface area (TPSA) is 37.4 Å². The summed E-state index contributed by atoms with van der Waals surface area (Å²) in [7, 11) is -3.42. The van der Waals surface area contributed by atoms with E-state index in [0.29, 0.717) is 18.0 Å². The molecular formula is C15H17NO2S. The van der Waals surface area contributed by atoms with Gasteiger partial charge in [-0.2, -0.15) is 4.31 Å². The predicted molar refractivity (Wildman–Crippen MR) is 76.2 cm³/mol. The van der Waals surface area contributed by atoms with Crippen LogP contribution in [0.4, 0.5) is 0 Å². The zero-order valence-electron chi connectivity index (χ0n) is 10.9. The molecule has 0 aliphatic carbocycles. The minimum atomic E-state index is -3.42. The molecule has 0 radical (unpaired) electrons. The monoisotopic (exact) mass is 275 g/mol. The molecule has 2 rings (SSSR count). The molecular weight excluding hydrogens is 258 g/mol. The molecule has 0 aliphatic rings. The second kappa shape index (κ2) is 5.99. The average molecular weight is 275 g/mol. The van der Waals surface area contributed by atoms with Crippen LogP contribution in [-0.2, 0) is 16.6 Å². The molecule has 4 heteroatoms. The van der Waals surface area contributed by atoms with E-state index < -0.39 is 10.0 Å². The molecule has 0 fully saturated rings. The van der Waals surface area contributed by atoms with Crippen LogP contribution in [0.1, 0.15) is 12.5 Å². The first-order valence-corrected chi connectivity index (χ1v) is 7.67. The molecule has 3 nitrogen and oxygen atoms in total. The Morgan fingerprint density at radius 3 is 1.95 bits per heavy atom. The number of sulfonamides is 1. The maximum absolute atomic E-state index is 12.5. The van der Waals surface area contributed by atoms with Gasteiger partial charge in [-0.3, -0.25) is 0 Å². The summed E-state index contributed by atoms with van der Waals surface area (Å²) in [4.78, 5) is 0.341. The van der Waals surface area contributed by atoms with Crippen molar-refractivity contribution >= 4 is 10.0 Å². The Morgan fingerprint density at radius 2 is 1.42 bits per heavy atom. The minimum Gasteiger partial charge on any atom is -0.207 e. The average Bonchev–Trinajstić information content (AvgIpc) is 2.46. The zero-order chi connectivity index (χ0) is 13.7. The van der Waals surface area contributed by atoms with Gasteiger partial charge in [0.15, 0.2) is 0 Å². The highest BCUT2D eigenvalue weighted by Crippen LogP contribution is 2.17. The molecule has 0 spiro atoms. The van der Waals surface area contributed by atoms with Crippen molar-refractivity contribution in [1.82, 2.24) is 4.31 Å². The van der Waals surface area contributed by atoms with E-state index in [9.17, 15) is 8.42 Å². The highest BCUT2D eigenvalue weighted by Gasteiger charge is 2.22. The second-order valence-electron chi connectivity index (χ2n) is 4.23. The van der Waals surface area contributed by atoms with Gasteiger partial charge >= 0.3 is 0 Å². The summed E-state index contributed by atoms with van der Waals surface area (Å²) < 4.78 is 26.5. The van der Waals surface area contributed by atoms with Gasteiger partial charge in [-0.25, -0.2) is 8.42 Å². The third kappa shape index (κ3) is 3.22. The number of rotatable bonds is 5. The van der Waals surface area contributed by atoms with Gasteiger partial charge in [-0.1, -0.05) is 55.5 Å². The van der Waals surface area contributed by atoms with Gasteiger partial charge in [0.1, 0.15) is 0 Å². The Bertz CT molecular complexity index is 609. The zero-order valence-corrected chi connectivity index (χ0v) is 11.7. The summed E-state index contributed by atoms with van der Waals surface area (Å²) >= 11 is 0. The lowest BCUT2D eigenvalue weighted by molar-refractivity contribution is 0.423. The lowest BCUT2D eigenvalue weighted by Crippen LogP contribution is -2.30. The summed E-state index contributed by atoms with van der Waals surface area (Å²) in [5.74, 6) is 0. The number of nitrogens with zero attached hydrogens (tertiary/aromatic N) is 1. The van der Waals surface area contributed by atoms with Gasteiger partial charge in [0, 0.05) is 13.1 Å². The molecule has 0 unspecified atom stereocenters. The van der Waals surface area contributed by atoms with Gasteiger partial charge in [0.25, 0.3) is 0 Å². The quantitative estimate of drug-likeness (QED) is 0.841. The molecule has 0 bridgehead atoms. The van der Waals surface area contributed by atoms with E-state index in [1.54, 1.807) is 24.3 Å². The van der Waals surface area contributed by atoms with Gasteiger partial charge in [0.05, 0.1) is 4.90 Å². The van der Waals surface area contributed by atoms with E-state index in [4.69, 9.17) is 0 Å². The van der Waals surface area contributed by atoms with Crippen molar-refractivity contribution in [2.75, 3.05) is 6.54 Å². The van der Waals surface area contributed by atoms with E-state index in [1.165, 1.54) is 4.31 Å². The SMILES string of the molecule is CCN(Cc1ccccc1)S(=O)(=O)c1ccccc1. The molecule has 0 amide bonds. The Kier molecular flexibility index (Phi) is 4.35. The third-order valence-corrected chi connectivity index (χ3v) is 4.87. The van der Waals surface area contributed by atoms with Gasteiger partial charge in [-0.15, -0.1) is 0 Å². The van der Waals surface area contributed by atoms with Crippen molar-refractivity contribution in [1.29, 1.82) is 0 Å². The van der Waals surface area contributed by atoms with Crippen LogP contribution < -0.4 is 0 Å². The predicted octanol–water partition coefficient (Wildman–Crippen LogP) is 2.90. The van der Waals surface area contributed by atoms with E-state index in [2.05, 4.69) is 0 Å². The first kappa shape index (κ1) is 13.8. The van der Waals surface area contributed by atoms with Crippen molar-refractivity contribution < 1.29 is 8.42 Å². The first-order valence-electron chi connectivity index (χ1n) is 6.23. The van der Waals surface area contributed by atoms with Crippen LogP contribution in [0.2, 0.25) is 0 Å². The summed E-state index contributed by atoms with van der Waals surface area (Å²) in [6.45, 7) is 2.70. The Balaban J connectivity index is 2.27. The minimum absolute atomic E-state index is 0.341. The van der Waals surface area contributed by atoms with Crippen LogP contribution in [0.15, 0.2) is 65.6 Å². The fraction of sp³-hybridized carbons (Fsp3) is 0.200. The summed E-state index contributed by atoms with van der Waals surface area (Å²) in [5, 5.41) is 0. The van der Waals surface area contributed by atoms with Crippen molar-refractivity contribution in [2.45, 2.75) is 18.4 Å². The molecule has 0 aliphatic heterocycles. The Morgan fingerprint density at radius 1 is 0.895 bits per heavy atom. The van der Waals surface area contributed by atoms with Crippen molar-refractivity contribution in [2.24, 2.45) is 0 Å². The van der Waals surface area contributed by atoms with Crippen molar-refractivity contribution in [3.8, 4) is 0 Å². The maximum atomic E-state index is 12.5. The summed E-state index contributed by atoms with van der Waals surface area (Å²) in [5.41, 5.74) is 0.990. The van der Waals surface area contributed by atoms with Gasteiger partial charge < -0.3 is 0 Å². The number of hydrogen-bond donors (Lipinski definition) is 0. The van der Waals surface area contributed by atoms with Crippen LogP contribution >= 0.6 is 0 Å². The summed E-state index contributed by atoms with van der Waals surface area (Å²) in [6, 6.07) is 18.2. The largest absolute Gasteiger partial charge is 0.243 e. The van der Waals surface area contributed by atoms with Crippen molar-refractivity contribution in [3.63, 3.8) is 0 Å². The van der Waals surface area contributed by atoms with Gasteiger partial charge in [-0.05, 0) is 17.7 Å². The number of hydrogen-bond acceptors (Lipinski definition) is 2. The Labute approximate surface area is 114 Å². The maximum Gasteiger partial charge on any atom is 0.243 e. The normalized spacial score (nSPS) is 11.7. The lowest BCUT2D eigenvalue weighted by atomic mass is 10.2. The van der Waals surface area contributed by atoms with E-state index in [-0.39, 0.29) is 0 Å². The van der Waals surface area contributed by atoms with Gasteiger partial charge in [0.2, 0.25) is 10.0 Å². The third-order valence-electron chi connectivity index (χ3n) is 2.94. The standard InChI is InChI=1S/C15H17NO2S/c1-2-16(13-14-9-5-3-6-10-14)19(17,18)15-11-7-4-8-12-15/h3-12H,2,13H2,1H3. The molecule has 0 saturated heterocycles. The fourth-order valence-electron chi connectivity index (χ4n) is 1.90. The van der Waals surface area contributed by atoms with Crippen LogP contribution in [0.25, 0.3) is 0 Å². The molecule has 0 atom stereocenters. The van der Waals surface area contributed by atoms with Crippen LogP contribution in [-0.4, -0.2) is 19.3 Å². The van der Waals surface area contributed by atoms with E-state index in [1.807, 2.05) is 43.3 Å². The molecule has 2 aromatic rings. The number of benzene rings is 2. The molecule has 0 saturated carbocycles. The lowest BCUT2D eigenvalue weighted by Gasteiger charge is -2.20. The smallest absolute Gasteiger partial charge is 0.207 e. The molecule has 0 heterocycles. The van der Waals surface area contributed by atoms with E-state index >= 15 is 0 Å². The Hall–Kier alpha value is -1.65. The fourth-order valence-corrected chi connectivity index (χ4v) is 3.35. The first-order chi connectivity index (χ1) is 9.14. The second-order valence-corrected chi connectivity index (χ2v) is 6.17. The molecule has 19 heavy (non-hydrogen) atoms. The summed E-state index contributed by atoms with van der Waals surface area (Å²) in [6.07, 6.45) is 0. The molecule has 0 N–H and O–H groups in total. The van der Waals surface area contributed by atoms with Crippen LogP contribution in [0, 0.1) is 0 Å². The molecule has 100 valence electrons. The van der Waals surface area contributed by atoms with Crippen molar-refractivity contribution in [3.05, 3.63) is 66.2 Å². The highest BCUT2D eigenvalue weighted by molar-refractivity contribution is 7.89. The van der Waals surface area contributed by atoms with E-state index in [0.717, 1.165) is 5.56 Å². The highest BCUT2D eigenvalue weighted by atomic mass is 32.2. The van der Waals surface area contributed by atoms with Crippen LogP contribution in [0.5, 0.6) is 0 Å². The molecule has 2 aromatic carbocycles.